The number of anilines is 1. The maximum absolute atomic E-state index is 12.3. The summed E-state index contributed by atoms with van der Waals surface area (Å²) in [6.45, 7) is 1.58. The fourth-order valence-electron chi connectivity index (χ4n) is 1.81. The molecule has 2 aromatic rings. The van der Waals surface area contributed by atoms with Gasteiger partial charge in [0, 0.05) is 6.20 Å². The van der Waals surface area contributed by atoms with Gasteiger partial charge in [0.1, 0.15) is 10.0 Å². The molecule has 0 saturated carbocycles. The van der Waals surface area contributed by atoms with Gasteiger partial charge in [-0.25, -0.2) is 18.2 Å². The van der Waals surface area contributed by atoms with E-state index in [4.69, 9.17) is 11.6 Å². The molecule has 0 bridgehead atoms. The van der Waals surface area contributed by atoms with Crippen LogP contribution in [0.3, 0.4) is 0 Å². The fourth-order valence-corrected chi connectivity index (χ4v) is 3.33. The third-order valence-corrected chi connectivity index (χ3v) is 4.56. The Balaban J connectivity index is 2.50. The number of carboxylic acid groups (broad SMARTS) is 1. The monoisotopic (exact) mass is 326 g/mol. The van der Waals surface area contributed by atoms with Crippen LogP contribution in [0.25, 0.3) is 0 Å². The lowest BCUT2D eigenvalue weighted by Crippen LogP contribution is -2.17. The number of hydrogen-bond acceptors (Lipinski definition) is 4. The van der Waals surface area contributed by atoms with Crippen LogP contribution in [0.4, 0.5) is 5.69 Å². The fraction of sp³-hybridized carbons (Fsp3) is 0.0769. The maximum atomic E-state index is 12.3. The zero-order valence-corrected chi connectivity index (χ0v) is 12.4. The Morgan fingerprint density at radius 2 is 2.00 bits per heavy atom. The van der Waals surface area contributed by atoms with Crippen LogP contribution in [0.15, 0.2) is 41.4 Å². The van der Waals surface area contributed by atoms with Crippen LogP contribution in [0.2, 0.25) is 5.15 Å². The van der Waals surface area contributed by atoms with Crippen LogP contribution in [-0.2, 0) is 10.0 Å². The van der Waals surface area contributed by atoms with Crippen molar-refractivity contribution in [2.45, 2.75) is 11.8 Å². The number of aromatic carboxylic acids is 1. The van der Waals surface area contributed by atoms with Crippen LogP contribution < -0.4 is 4.72 Å². The van der Waals surface area contributed by atoms with Gasteiger partial charge < -0.3 is 5.11 Å². The first-order valence-electron chi connectivity index (χ1n) is 5.79. The summed E-state index contributed by atoms with van der Waals surface area (Å²) >= 11 is 5.76. The molecule has 0 unspecified atom stereocenters. The molecule has 21 heavy (non-hydrogen) atoms. The van der Waals surface area contributed by atoms with E-state index in [-0.39, 0.29) is 21.3 Å². The molecule has 8 heteroatoms. The van der Waals surface area contributed by atoms with Gasteiger partial charge in [-0.05, 0) is 30.7 Å². The minimum Gasteiger partial charge on any atom is -0.478 e. The molecule has 0 radical (unpaired) electrons. The molecule has 6 nitrogen and oxygen atoms in total. The molecule has 0 aliphatic rings. The van der Waals surface area contributed by atoms with Crippen LogP contribution >= 0.6 is 11.6 Å². The van der Waals surface area contributed by atoms with Crippen molar-refractivity contribution >= 4 is 33.3 Å². The molecule has 1 aromatic heterocycles. The minimum atomic E-state index is -4.02. The number of halogens is 1. The van der Waals surface area contributed by atoms with Gasteiger partial charge in [0.2, 0.25) is 0 Å². The summed E-state index contributed by atoms with van der Waals surface area (Å²) in [6.07, 6.45) is 1.36. The molecule has 0 amide bonds. The van der Waals surface area contributed by atoms with Crippen molar-refractivity contribution in [2.75, 3.05) is 4.72 Å². The van der Waals surface area contributed by atoms with Crippen molar-refractivity contribution in [3.63, 3.8) is 0 Å². The van der Waals surface area contributed by atoms with Crippen molar-refractivity contribution in [3.05, 3.63) is 52.8 Å². The Morgan fingerprint density at radius 1 is 1.29 bits per heavy atom. The standard InChI is InChI=1S/C13H11ClN2O4S/c1-8-4-2-5-9(11(8)13(17)18)16-21(19,20)10-6-3-7-15-12(10)14/h2-7,16H,1H3,(H,17,18). The molecule has 2 N–H and O–H groups in total. The largest absolute Gasteiger partial charge is 0.478 e. The highest BCUT2D eigenvalue weighted by atomic mass is 35.5. The summed E-state index contributed by atoms with van der Waals surface area (Å²) in [5.74, 6) is -1.22. The summed E-state index contributed by atoms with van der Waals surface area (Å²) in [7, 11) is -4.02. The number of carbonyl (C=O) groups is 1. The number of carboxylic acids is 1. The number of nitrogens with zero attached hydrogens (tertiary/aromatic N) is 1. The average Bonchev–Trinajstić information content (AvgIpc) is 2.38. The third kappa shape index (κ3) is 3.14. The number of pyridine rings is 1. The highest BCUT2D eigenvalue weighted by molar-refractivity contribution is 7.92. The molecule has 0 saturated heterocycles. The van der Waals surface area contributed by atoms with Crippen LogP contribution in [0, 0.1) is 6.92 Å². The topological polar surface area (TPSA) is 96.4 Å². The van der Waals surface area contributed by atoms with Gasteiger partial charge in [0.15, 0.2) is 0 Å². The van der Waals surface area contributed by atoms with Crippen molar-refractivity contribution < 1.29 is 18.3 Å². The van der Waals surface area contributed by atoms with Crippen LogP contribution in [-0.4, -0.2) is 24.5 Å². The number of hydrogen-bond donors (Lipinski definition) is 2. The first kappa shape index (κ1) is 15.3. The zero-order valence-electron chi connectivity index (χ0n) is 10.9. The molecular weight excluding hydrogens is 316 g/mol. The predicted molar refractivity (Wildman–Crippen MR) is 78.2 cm³/mol. The van der Waals surface area contributed by atoms with Gasteiger partial charge in [0.25, 0.3) is 10.0 Å². The van der Waals surface area contributed by atoms with E-state index >= 15 is 0 Å². The van der Waals surface area contributed by atoms with E-state index in [1.165, 1.54) is 24.4 Å². The normalized spacial score (nSPS) is 11.1. The van der Waals surface area contributed by atoms with Crippen molar-refractivity contribution in [2.24, 2.45) is 0 Å². The number of nitrogens with one attached hydrogen (secondary N) is 1. The second kappa shape index (κ2) is 5.71. The van der Waals surface area contributed by atoms with Crippen molar-refractivity contribution in [1.82, 2.24) is 4.98 Å². The smallest absolute Gasteiger partial charge is 0.338 e. The molecule has 0 aliphatic heterocycles. The van der Waals surface area contributed by atoms with Crippen LogP contribution in [0.5, 0.6) is 0 Å². The molecule has 0 fully saturated rings. The Morgan fingerprint density at radius 3 is 2.62 bits per heavy atom. The van der Waals surface area contributed by atoms with Crippen molar-refractivity contribution in [3.8, 4) is 0 Å². The lowest BCUT2D eigenvalue weighted by molar-refractivity contribution is 0.0697. The Bertz CT molecular complexity index is 806. The van der Waals surface area contributed by atoms with Crippen LogP contribution in [0.1, 0.15) is 15.9 Å². The summed E-state index contributed by atoms with van der Waals surface area (Å²) in [4.78, 5) is 14.7. The average molecular weight is 327 g/mol. The van der Waals surface area contributed by atoms with Gasteiger partial charge in [-0.1, -0.05) is 23.7 Å². The number of sulfonamides is 1. The van der Waals surface area contributed by atoms with E-state index < -0.39 is 16.0 Å². The molecule has 2 rings (SSSR count). The Hall–Kier alpha value is -2.12. The molecule has 0 atom stereocenters. The molecule has 1 heterocycles. The highest BCUT2D eigenvalue weighted by Gasteiger charge is 2.22. The summed E-state index contributed by atoms with van der Waals surface area (Å²) < 4.78 is 26.8. The maximum Gasteiger partial charge on any atom is 0.338 e. The quantitative estimate of drug-likeness (QED) is 0.842. The van der Waals surface area contributed by atoms with E-state index in [9.17, 15) is 18.3 Å². The molecule has 0 spiro atoms. The number of aryl methyl sites for hydroxylation is 1. The first-order chi connectivity index (χ1) is 9.83. The second-order valence-corrected chi connectivity index (χ2v) is 6.21. The number of benzene rings is 1. The Labute approximate surface area is 126 Å². The van der Waals surface area contributed by atoms with E-state index in [2.05, 4.69) is 9.71 Å². The first-order valence-corrected chi connectivity index (χ1v) is 7.65. The third-order valence-electron chi connectivity index (χ3n) is 2.75. The number of aromatic nitrogens is 1. The summed E-state index contributed by atoms with van der Waals surface area (Å²) in [6, 6.07) is 7.23. The SMILES string of the molecule is Cc1cccc(NS(=O)(=O)c2cccnc2Cl)c1C(=O)O. The van der Waals surface area contributed by atoms with E-state index in [1.807, 2.05) is 0 Å². The predicted octanol–water partition coefficient (Wildman–Crippen LogP) is 2.54. The zero-order chi connectivity index (χ0) is 15.6. The van der Waals surface area contributed by atoms with E-state index in [0.29, 0.717) is 5.56 Å². The van der Waals surface area contributed by atoms with E-state index in [0.717, 1.165) is 0 Å². The minimum absolute atomic E-state index is 0.0255. The molecule has 0 aliphatic carbocycles. The highest BCUT2D eigenvalue weighted by Crippen LogP contribution is 2.25. The lowest BCUT2D eigenvalue weighted by atomic mass is 10.1. The number of rotatable bonds is 4. The summed E-state index contributed by atoms with van der Waals surface area (Å²) in [5.41, 5.74) is 0.309. The molecule has 110 valence electrons. The van der Waals surface area contributed by atoms with Crippen molar-refractivity contribution in [1.29, 1.82) is 0 Å². The van der Waals surface area contributed by atoms with E-state index in [1.54, 1.807) is 19.1 Å². The molecular formula is C13H11ClN2O4S. The molecule has 1 aromatic carbocycles. The Kier molecular flexibility index (Phi) is 4.15. The van der Waals surface area contributed by atoms with Gasteiger partial charge in [-0.15, -0.1) is 0 Å². The van der Waals surface area contributed by atoms with Gasteiger partial charge in [-0.2, -0.15) is 0 Å². The lowest BCUT2D eigenvalue weighted by Gasteiger charge is -2.12. The van der Waals surface area contributed by atoms with Gasteiger partial charge >= 0.3 is 5.97 Å². The van der Waals surface area contributed by atoms with Gasteiger partial charge in [0.05, 0.1) is 11.3 Å². The second-order valence-electron chi connectivity index (χ2n) is 4.20. The van der Waals surface area contributed by atoms with Gasteiger partial charge in [-0.3, -0.25) is 4.72 Å². The summed E-state index contributed by atoms with van der Waals surface area (Å²) in [5, 5.41) is 9.01.